The number of nitrogens with one attached hydrogen (secondary N) is 1. The van der Waals surface area contributed by atoms with E-state index in [1.165, 1.54) is 30.4 Å². The van der Waals surface area contributed by atoms with E-state index >= 15 is 0 Å². The second kappa shape index (κ2) is 6.78. The van der Waals surface area contributed by atoms with Crippen molar-refractivity contribution < 1.29 is 23.8 Å². The average molecular weight is 337 g/mol. The Kier molecular flexibility index (Phi) is 5.00. The lowest BCUT2D eigenvalue weighted by Gasteiger charge is -2.12. The smallest absolute Gasteiger partial charge is 0.344 e. The fourth-order valence-corrected chi connectivity index (χ4v) is 2.89. The second-order valence-corrected chi connectivity index (χ2v) is 6.49. The predicted octanol–water partition coefficient (Wildman–Crippen LogP) is 3.61. The maximum absolute atomic E-state index is 13.9. The lowest BCUT2D eigenvalue weighted by Crippen LogP contribution is -2.23. The number of carbonyl (C=O) groups excluding carboxylic acids is 1. The Morgan fingerprint density at radius 1 is 1.30 bits per heavy atom. The fourth-order valence-electron chi connectivity index (χ4n) is 1.97. The molecule has 1 atom stereocenters. The number of rotatable bonds is 5. The van der Waals surface area contributed by atoms with Gasteiger partial charge in [-0.3, -0.25) is 4.79 Å². The first-order valence-electron chi connectivity index (χ1n) is 6.85. The van der Waals surface area contributed by atoms with Gasteiger partial charge in [-0.1, -0.05) is 0 Å². The van der Waals surface area contributed by atoms with E-state index in [2.05, 4.69) is 5.32 Å². The number of hydrogen-bond donors (Lipinski definition) is 2. The van der Waals surface area contributed by atoms with Crippen molar-refractivity contribution in [3.8, 4) is 5.75 Å². The van der Waals surface area contributed by atoms with E-state index in [4.69, 9.17) is 9.84 Å². The van der Waals surface area contributed by atoms with Crippen molar-refractivity contribution in [1.29, 1.82) is 0 Å². The van der Waals surface area contributed by atoms with Gasteiger partial charge in [0.25, 0.3) is 5.91 Å². The predicted molar refractivity (Wildman–Crippen MR) is 85.9 cm³/mol. The molecule has 0 saturated heterocycles. The molecule has 0 aliphatic heterocycles. The Labute approximate surface area is 136 Å². The quantitative estimate of drug-likeness (QED) is 0.874. The van der Waals surface area contributed by atoms with Crippen molar-refractivity contribution >= 4 is 28.9 Å². The first kappa shape index (κ1) is 17.0. The number of benzene rings is 1. The zero-order valence-corrected chi connectivity index (χ0v) is 13.7. The molecule has 1 amide bonds. The summed E-state index contributed by atoms with van der Waals surface area (Å²) >= 11 is 1.51. The van der Waals surface area contributed by atoms with Gasteiger partial charge in [-0.15, -0.1) is 11.3 Å². The van der Waals surface area contributed by atoms with Crippen molar-refractivity contribution in [2.24, 2.45) is 0 Å². The van der Waals surface area contributed by atoms with Gasteiger partial charge >= 0.3 is 5.97 Å². The number of carboxylic acids is 1. The number of hydrogen-bond acceptors (Lipinski definition) is 4. The molecule has 2 N–H and O–H groups in total. The molecule has 1 heterocycles. The summed E-state index contributed by atoms with van der Waals surface area (Å²) in [6, 6.07) is 5.61. The lowest BCUT2D eigenvalue weighted by molar-refractivity contribution is -0.144. The number of anilines is 1. The number of aliphatic carboxylic acids is 1. The minimum absolute atomic E-state index is 0.180. The third-order valence-electron chi connectivity index (χ3n) is 3.13. The Balaban J connectivity index is 2.13. The number of carboxylic acid groups (broad SMARTS) is 1. The van der Waals surface area contributed by atoms with Crippen molar-refractivity contribution in [3.05, 3.63) is 45.4 Å². The first-order chi connectivity index (χ1) is 10.8. The fraction of sp³-hybridized carbons (Fsp3) is 0.250. The van der Waals surface area contributed by atoms with E-state index in [0.717, 1.165) is 15.8 Å². The minimum Gasteiger partial charge on any atom is -0.479 e. The molecule has 1 unspecified atom stereocenters. The Bertz CT molecular complexity index is 757. The zero-order chi connectivity index (χ0) is 17.1. The molecular weight excluding hydrogens is 321 g/mol. The van der Waals surface area contributed by atoms with E-state index in [1.54, 1.807) is 6.07 Å². The van der Waals surface area contributed by atoms with Gasteiger partial charge in [0.2, 0.25) is 0 Å². The average Bonchev–Trinajstić information content (AvgIpc) is 2.80. The molecule has 1 aromatic heterocycles. The third-order valence-corrected chi connectivity index (χ3v) is 4.09. The molecule has 1 aromatic carbocycles. The van der Waals surface area contributed by atoms with Crippen molar-refractivity contribution in [1.82, 2.24) is 0 Å². The van der Waals surface area contributed by atoms with Crippen LogP contribution in [0.1, 0.15) is 27.0 Å². The summed E-state index contributed by atoms with van der Waals surface area (Å²) < 4.78 is 18.9. The molecule has 0 fully saturated rings. The van der Waals surface area contributed by atoms with E-state index in [-0.39, 0.29) is 17.3 Å². The molecule has 23 heavy (non-hydrogen) atoms. The van der Waals surface area contributed by atoms with Gasteiger partial charge in [-0.25, -0.2) is 9.18 Å². The summed E-state index contributed by atoms with van der Waals surface area (Å²) in [6.45, 7) is 5.06. The van der Waals surface area contributed by atoms with Crippen LogP contribution in [0.15, 0.2) is 24.3 Å². The molecule has 0 saturated carbocycles. The highest BCUT2D eigenvalue weighted by molar-refractivity contribution is 7.12. The molecule has 0 aliphatic rings. The van der Waals surface area contributed by atoms with E-state index < -0.39 is 17.9 Å². The normalized spacial score (nSPS) is 11.8. The van der Waals surface area contributed by atoms with Crippen LogP contribution in [0.25, 0.3) is 0 Å². The van der Waals surface area contributed by atoms with Gasteiger partial charge in [0.1, 0.15) is 0 Å². The molecule has 2 rings (SSSR count). The molecule has 122 valence electrons. The Morgan fingerprint density at radius 3 is 2.52 bits per heavy atom. The van der Waals surface area contributed by atoms with Gasteiger partial charge in [-0.2, -0.15) is 0 Å². The third kappa shape index (κ3) is 4.07. The molecule has 2 aromatic rings. The standard InChI is InChI=1S/C16H16FNO4S/c1-8-6-12(10(3)23-8)15(19)18-11-4-5-14(13(17)7-11)22-9(2)16(20)21/h4-7,9H,1-3H3,(H,18,19)(H,20,21). The van der Waals surface area contributed by atoms with Crippen LogP contribution in [0.4, 0.5) is 10.1 Å². The molecule has 0 spiro atoms. The van der Waals surface area contributed by atoms with Crippen LogP contribution < -0.4 is 10.1 Å². The molecule has 7 heteroatoms. The summed E-state index contributed by atoms with van der Waals surface area (Å²) in [7, 11) is 0. The number of thiophene rings is 1. The first-order valence-corrected chi connectivity index (χ1v) is 7.67. The number of halogens is 1. The van der Waals surface area contributed by atoms with Crippen LogP contribution in [0, 0.1) is 19.7 Å². The van der Waals surface area contributed by atoms with Gasteiger partial charge in [-0.05, 0) is 39.0 Å². The maximum Gasteiger partial charge on any atom is 0.344 e. The van der Waals surface area contributed by atoms with Crippen molar-refractivity contribution in [3.63, 3.8) is 0 Å². The van der Waals surface area contributed by atoms with Crippen LogP contribution >= 0.6 is 11.3 Å². The zero-order valence-electron chi connectivity index (χ0n) is 12.8. The van der Waals surface area contributed by atoms with Crippen LogP contribution in [0.3, 0.4) is 0 Å². The van der Waals surface area contributed by atoms with Crippen LogP contribution in [-0.4, -0.2) is 23.1 Å². The number of aryl methyl sites for hydroxylation is 2. The van der Waals surface area contributed by atoms with Gasteiger partial charge < -0.3 is 15.2 Å². The summed E-state index contributed by atoms with van der Waals surface area (Å²) in [4.78, 5) is 24.8. The second-order valence-electron chi connectivity index (χ2n) is 5.02. The number of amides is 1. The monoisotopic (exact) mass is 337 g/mol. The molecule has 5 nitrogen and oxygen atoms in total. The highest BCUT2D eigenvalue weighted by Gasteiger charge is 2.16. The topological polar surface area (TPSA) is 75.6 Å². The molecule has 0 aliphatic carbocycles. The van der Waals surface area contributed by atoms with E-state index in [9.17, 15) is 14.0 Å². The summed E-state index contributed by atoms with van der Waals surface area (Å²) in [5.41, 5.74) is 0.818. The van der Waals surface area contributed by atoms with Gasteiger partial charge in [0.05, 0.1) is 5.56 Å². The summed E-state index contributed by atoms with van der Waals surface area (Å²) in [6.07, 6.45) is -1.17. The Morgan fingerprint density at radius 2 is 2.00 bits per heavy atom. The van der Waals surface area contributed by atoms with Gasteiger partial charge in [0.15, 0.2) is 17.7 Å². The van der Waals surface area contributed by atoms with Crippen molar-refractivity contribution in [2.75, 3.05) is 5.32 Å². The van der Waals surface area contributed by atoms with Crippen LogP contribution in [-0.2, 0) is 4.79 Å². The maximum atomic E-state index is 13.9. The van der Waals surface area contributed by atoms with Gasteiger partial charge in [0, 0.05) is 21.5 Å². The van der Waals surface area contributed by atoms with E-state index in [0.29, 0.717) is 5.56 Å². The molecular formula is C16H16FNO4S. The van der Waals surface area contributed by atoms with Crippen molar-refractivity contribution in [2.45, 2.75) is 26.9 Å². The summed E-state index contributed by atoms with van der Waals surface area (Å²) in [5.74, 6) is -2.43. The minimum atomic E-state index is -1.19. The summed E-state index contributed by atoms with van der Waals surface area (Å²) in [5, 5.41) is 11.4. The molecule has 0 bridgehead atoms. The highest BCUT2D eigenvalue weighted by Crippen LogP contribution is 2.25. The Hall–Kier alpha value is -2.41. The van der Waals surface area contributed by atoms with Crippen LogP contribution in [0.5, 0.6) is 5.75 Å². The number of ether oxygens (including phenoxy) is 1. The SMILES string of the molecule is Cc1cc(C(=O)Nc2ccc(OC(C)C(=O)O)c(F)c2)c(C)s1. The molecule has 0 radical (unpaired) electrons. The van der Waals surface area contributed by atoms with Crippen LogP contribution in [0.2, 0.25) is 0 Å². The largest absolute Gasteiger partial charge is 0.479 e. The lowest BCUT2D eigenvalue weighted by atomic mass is 10.2. The number of carbonyl (C=O) groups is 2. The van der Waals surface area contributed by atoms with E-state index in [1.807, 2.05) is 13.8 Å². The highest BCUT2D eigenvalue weighted by atomic mass is 32.1.